The molecule has 0 radical (unpaired) electrons. The van der Waals surface area contributed by atoms with Gasteiger partial charge in [-0.25, -0.2) is 8.78 Å². The van der Waals surface area contributed by atoms with E-state index in [4.69, 9.17) is 5.11 Å². The second kappa shape index (κ2) is 6.41. The molecule has 1 heterocycles. The summed E-state index contributed by atoms with van der Waals surface area (Å²) in [6.07, 6.45) is 1.67. The van der Waals surface area contributed by atoms with Crippen LogP contribution in [0.2, 0.25) is 0 Å². The first-order chi connectivity index (χ1) is 11.5. The molecule has 0 fully saturated rings. The van der Waals surface area contributed by atoms with E-state index in [2.05, 4.69) is 10.3 Å². The van der Waals surface area contributed by atoms with Crippen molar-refractivity contribution < 1.29 is 18.7 Å². The average molecular weight is 330 g/mol. The first-order valence-corrected chi connectivity index (χ1v) is 7.48. The van der Waals surface area contributed by atoms with Gasteiger partial charge in [0.2, 0.25) is 0 Å². The average Bonchev–Trinajstić information content (AvgIpc) is 2.97. The Balaban J connectivity index is 1.95. The molecule has 0 aliphatic carbocycles. The number of aliphatic hydroxyl groups excluding tert-OH is 1. The molecular formula is C18H16F2N2O2. The molecule has 124 valence electrons. The van der Waals surface area contributed by atoms with E-state index >= 15 is 0 Å². The number of aliphatic hydroxyl groups is 1. The number of fused-ring (bicyclic) bond motifs is 1. The Hall–Kier alpha value is -2.73. The third-order valence-corrected chi connectivity index (χ3v) is 3.82. The van der Waals surface area contributed by atoms with Crippen LogP contribution in [0.4, 0.5) is 8.78 Å². The van der Waals surface area contributed by atoms with E-state index in [1.807, 2.05) is 0 Å². The molecule has 0 aliphatic rings. The summed E-state index contributed by atoms with van der Waals surface area (Å²) in [5.74, 6) is -1.60. The summed E-state index contributed by atoms with van der Waals surface area (Å²) in [4.78, 5) is 14.9. The summed E-state index contributed by atoms with van der Waals surface area (Å²) in [5.41, 5.74) is 1.82. The van der Waals surface area contributed by atoms with Crippen molar-refractivity contribution in [3.63, 3.8) is 0 Å². The lowest BCUT2D eigenvalue weighted by atomic mass is 10.0. The van der Waals surface area contributed by atoms with Crippen LogP contribution in [-0.4, -0.2) is 28.6 Å². The minimum Gasteiger partial charge on any atom is -0.394 e. The van der Waals surface area contributed by atoms with Gasteiger partial charge < -0.3 is 15.4 Å². The van der Waals surface area contributed by atoms with Crippen LogP contribution in [0.5, 0.6) is 0 Å². The maximum atomic E-state index is 14.3. The lowest BCUT2D eigenvalue weighted by molar-refractivity contribution is 0.0918. The summed E-state index contributed by atoms with van der Waals surface area (Å²) in [6, 6.07) is 8.17. The highest BCUT2D eigenvalue weighted by atomic mass is 19.1. The Bertz CT molecular complexity index is 905. The topological polar surface area (TPSA) is 65.1 Å². The van der Waals surface area contributed by atoms with Crippen molar-refractivity contribution in [2.75, 3.05) is 6.61 Å². The third kappa shape index (κ3) is 3.00. The van der Waals surface area contributed by atoms with Gasteiger partial charge in [0.15, 0.2) is 0 Å². The number of aromatic amines is 1. The zero-order chi connectivity index (χ0) is 17.3. The Kier molecular flexibility index (Phi) is 4.31. The molecule has 2 aromatic carbocycles. The van der Waals surface area contributed by atoms with Crippen LogP contribution in [-0.2, 0) is 0 Å². The molecule has 3 aromatic rings. The number of nitrogens with one attached hydrogen (secondary N) is 2. The number of halogens is 2. The predicted molar refractivity (Wildman–Crippen MR) is 87.7 cm³/mol. The van der Waals surface area contributed by atoms with E-state index < -0.39 is 17.8 Å². The fraction of sp³-hybridized carbons (Fsp3) is 0.167. The summed E-state index contributed by atoms with van der Waals surface area (Å²) in [5, 5.41) is 12.2. The number of carbonyl (C=O) groups is 1. The van der Waals surface area contributed by atoms with Crippen LogP contribution < -0.4 is 5.32 Å². The van der Waals surface area contributed by atoms with Crippen LogP contribution in [0.1, 0.15) is 17.3 Å². The van der Waals surface area contributed by atoms with E-state index in [0.29, 0.717) is 11.1 Å². The predicted octanol–water partition coefficient (Wildman–Crippen LogP) is 3.22. The molecule has 3 rings (SSSR count). The van der Waals surface area contributed by atoms with Gasteiger partial charge in [0.05, 0.1) is 12.2 Å². The number of H-pyrrole nitrogens is 1. The zero-order valence-electron chi connectivity index (χ0n) is 12.9. The Labute approximate surface area is 137 Å². The molecule has 1 aromatic heterocycles. The van der Waals surface area contributed by atoms with E-state index in [9.17, 15) is 13.6 Å². The third-order valence-electron chi connectivity index (χ3n) is 3.82. The molecule has 0 saturated carbocycles. The van der Waals surface area contributed by atoms with Crippen molar-refractivity contribution in [2.24, 2.45) is 0 Å². The number of rotatable bonds is 4. The van der Waals surface area contributed by atoms with E-state index in [1.54, 1.807) is 25.3 Å². The van der Waals surface area contributed by atoms with Gasteiger partial charge in [0, 0.05) is 28.7 Å². The highest BCUT2D eigenvalue weighted by Gasteiger charge is 2.16. The van der Waals surface area contributed by atoms with E-state index in [0.717, 1.165) is 10.9 Å². The fourth-order valence-electron chi connectivity index (χ4n) is 2.55. The molecule has 0 aliphatic heterocycles. The van der Waals surface area contributed by atoms with Crippen molar-refractivity contribution in [3.05, 3.63) is 59.8 Å². The molecule has 1 atom stereocenters. The Morgan fingerprint density at radius 2 is 2.04 bits per heavy atom. The van der Waals surface area contributed by atoms with E-state index in [-0.39, 0.29) is 18.0 Å². The maximum Gasteiger partial charge on any atom is 0.254 e. The smallest absolute Gasteiger partial charge is 0.254 e. The van der Waals surface area contributed by atoms with Gasteiger partial charge in [0.25, 0.3) is 5.91 Å². The molecule has 6 heteroatoms. The normalized spacial score (nSPS) is 12.3. The molecule has 4 nitrogen and oxygen atoms in total. The largest absolute Gasteiger partial charge is 0.394 e. The van der Waals surface area contributed by atoms with Crippen molar-refractivity contribution in [3.8, 4) is 11.1 Å². The zero-order valence-corrected chi connectivity index (χ0v) is 12.9. The summed E-state index contributed by atoms with van der Waals surface area (Å²) in [6.45, 7) is 1.40. The highest BCUT2D eigenvalue weighted by Crippen LogP contribution is 2.30. The first kappa shape index (κ1) is 16.1. The van der Waals surface area contributed by atoms with Gasteiger partial charge in [-0.05, 0) is 42.8 Å². The van der Waals surface area contributed by atoms with Crippen LogP contribution in [0, 0.1) is 11.6 Å². The van der Waals surface area contributed by atoms with Crippen molar-refractivity contribution in [1.82, 2.24) is 10.3 Å². The molecule has 3 N–H and O–H groups in total. The van der Waals surface area contributed by atoms with Crippen LogP contribution in [0.3, 0.4) is 0 Å². The molecule has 0 unspecified atom stereocenters. The monoisotopic (exact) mass is 330 g/mol. The second-order valence-corrected chi connectivity index (χ2v) is 5.64. The number of amides is 1. The quantitative estimate of drug-likeness (QED) is 0.688. The number of benzene rings is 2. The van der Waals surface area contributed by atoms with Gasteiger partial charge in [-0.15, -0.1) is 0 Å². The molecule has 0 spiro atoms. The molecule has 24 heavy (non-hydrogen) atoms. The number of hydrogen-bond acceptors (Lipinski definition) is 2. The standard InChI is InChI=1S/C18H16F2N2O2/c1-10(9-23)22-18(24)14-4-2-11(6-16(14)20)15-8-21-17-7-12(19)3-5-13(15)17/h2-8,10,21,23H,9H2,1H3,(H,22,24)/t10-/m1/s1. The molecule has 1 amide bonds. The minimum absolute atomic E-state index is 0.0927. The number of carbonyl (C=O) groups excluding carboxylic acids is 1. The SMILES string of the molecule is C[C@H](CO)NC(=O)c1ccc(-c2c[nH]c3cc(F)ccc23)cc1F. The lowest BCUT2D eigenvalue weighted by Crippen LogP contribution is -2.35. The molecular weight excluding hydrogens is 314 g/mol. The van der Waals surface area contributed by atoms with Gasteiger partial charge in [-0.3, -0.25) is 4.79 Å². The minimum atomic E-state index is -0.661. The van der Waals surface area contributed by atoms with Crippen molar-refractivity contribution >= 4 is 16.8 Å². The van der Waals surface area contributed by atoms with E-state index in [1.165, 1.54) is 24.3 Å². The van der Waals surface area contributed by atoms with Gasteiger partial charge >= 0.3 is 0 Å². The van der Waals surface area contributed by atoms with Gasteiger partial charge in [-0.1, -0.05) is 6.07 Å². The van der Waals surface area contributed by atoms with Gasteiger partial charge in [-0.2, -0.15) is 0 Å². The Morgan fingerprint density at radius 3 is 2.75 bits per heavy atom. The molecule has 0 saturated heterocycles. The summed E-state index contributed by atoms with van der Waals surface area (Å²) < 4.78 is 27.6. The van der Waals surface area contributed by atoms with Crippen LogP contribution >= 0.6 is 0 Å². The van der Waals surface area contributed by atoms with Gasteiger partial charge in [0.1, 0.15) is 11.6 Å². The first-order valence-electron chi connectivity index (χ1n) is 7.48. The number of aromatic nitrogens is 1. The maximum absolute atomic E-state index is 14.3. The van der Waals surface area contributed by atoms with Crippen LogP contribution in [0.15, 0.2) is 42.6 Å². The second-order valence-electron chi connectivity index (χ2n) is 5.64. The molecule has 0 bridgehead atoms. The van der Waals surface area contributed by atoms with Crippen LogP contribution in [0.25, 0.3) is 22.0 Å². The van der Waals surface area contributed by atoms with Crippen molar-refractivity contribution in [1.29, 1.82) is 0 Å². The Morgan fingerprint density at radius 1 is 1.25 bits per heavy atom. The fourth-order valence-corrected chi connectivity index (χ4v) is 2.55. The number of hydrogen-bond donors (Lipinski definition) is 3. The summed E-state index contributed by atoms with van der Waals surface area (Å²) >= 11 is 0. The highest BCUT2D eigenvalue weighted by molar-refractivity contribution is 5.98. The summed E-state index contributed by atoms with van der Waals surface area (Å²) in [7, 11) is 0. The lowest BCUT2D eigenvalue weighted by Gasteiger charge is -2.11. The van der Waals surface area contributed by atoms with Crippen molar-refractivity contribution in [2.45, 2.75) is 13.0 Å².